The molecule has 3 unspecified atom stereocenters. The molecular weight excluding hydrogens is 398 g/mol. The molecule has 0 N–H and O–H groups in total. The third kappa shape index (κ3) is 3.59. The molecule has 2 aromatic rings. The number of benzene rings is 1. The van der Waals surface area contributed by atoms with Crippen molar-refractivity contribution in [2.75, 3.05) is 0 Å². The fraction of sp³-hybridized carbons (Fsp3) is 0.450. The predicted octanol–water partition coefficient (Wildman–Crippen LogP) is 6.07. The Balaban J connectivity index is 2.07. The van der Waals surface area contributed by atoms with Gasteiger partial charge in [-0.25, -0.2) is 0 Å². The van der Waals surface area contributed by atoms with Gasteiger partial charge in [0.25, 0.3) is 0 Å². The second-order valence-electron chi connectivity index (χ2n) is 7.05. The summed E-state index contributed by atoms with van der Waals surface area (Å²) in [5, 5.41) is 18.8. The maximum Gasteiger partial charge on any atom is 0.155 e. The summed E-state index contributed by atoms with van der Waals surface area (Å²) >= 11 is 9.87. The van der Waals surface area contributed by atoms with Crippen LogP contribution in [0.4, 0.5) is 0 Å². The minimum absolute atomic E-state index is 0.410. The van der Waals surface area contributed by atoms with Gasteiger partial charge in [-0.1, -0.05) is 47.3 Å². The van der Waals surface area contributed by atoms with Crippen LogP contribution in [0, 0.1) is 31.1 Å². The molecule has 1 heterocycles. The summed E-state index contributed by atoms with van der Waals surface area (Å²) in [6, 6.07) is 8.51. The molecule has 0 saturated heterocycles. The zero-order chi connectivity index (χ0) is 18.1. The Bertz CT molecular complexity index is 820. The Labute approximate surface area is 162 Å². The van der Waals surface area contributed by atoms with E-state index >= 15 is 0 Å². The Hall–Kier alpha value is -1.44. The molecule has 1 aromatic carbocycles. The Morgan fingerprint density at radius 1 is 1.20 bits per heavy atom. The summed E-state index contributed by atoms with van der Waals surface area (Å²) in [7, 11) is 0. The lowest BCUT2D eigenvalue weighted by molar-refractivity contribution is 0.530. The van der Waals surface area contributed by atoms with Gasteiger partial charge in [-0.3, -0.25) is 0 Å². The highest BCUT2D eigenvalue weighted by atomic mass is 79.9. The largest absolute Gasteiger partial charge is 0.197 e. The predicted molar refractivity (Wildman–Crippen MR) is 104 cm³/mol. The smallest absolute Gasteiger partial charge is 0.155 e. The molecule has 0 aliphatic heterocycles. The molecule has 1 aliphatic rings. The van der Waals surface area contributed by atoms with Crippen molar-refractivity contribution in [3.05, 3.63) is 55.8 Å². The minimum atomic E-state index is -0.437. The van der Waals surface area contributed by atoms with E-state index in [-0.39, 0.29) is 0 Å². The maximum absolute atomic E-state index is 9.87. The lowest BCUT2D eigenvalue weighted by Gasteiger charge is -2.20. The molecule has 1 aliphatic carbocycles. The average Bonchev–Trinajstić information content (AvgIpc) is 2.97. The van der Waals surface area contributed by atoms with Crippen molar-refractivity contribution >= 4 is 27.5 Å². The summed E-state index contributed by atoms with van der Waals surface area (Å²) in [6.07, 6.45) is 3.55. The average molecular weight is 419 g/mol. The van der Waals surface area contributed by atoms with Crippen LogP contribution in [0.1, 0.15) is 66.0 Å². The van der Waals surface area contributed by atoms with E-state index < -0.39 is 5.92 Å². The van der Waals surface area contributed by atoms with Crippen LogP contribution in [0.2, 0.25) is 5.15 Å². The van der Waals surface area contributed by atoms with Crippen LogP contribution in [0.15, 0.2) is 22.7 Å². The zero-order valence-corrected chi connectivity index (χ0v) is 17.0. The van der Waals surface area contributed by atoms with E-state index in [1.54, 1.807) is 0 Å². The van der Waals surface area contributed by atoms with Gasteiger partial charge in [0.2, 0.25) is 0 Å². The summed E-state index contributed by atoms with van der Waals surface area (Å²) in [5.74, 6) is 0.563. The third-order valence-electron chi connectivity index (χ3n) is 5.33. The molecule has 1 saturated carbocycles. The molecule has 3 nitrogen and oxygen atoms in total. The van der Waals surface area contributed by atoms with Gasteiger partial charge in [-0.05, 0) is 72.6 Å². The van der Waals surface area contributed by atoms with Gasteiger partial charge in [-0.2, -0.15) is 10.4 Å². The van der Waals surface area contributed by atoms with E-state index in [1.807, 2.05) is 32.0 Å². The van der Waals surface area contributed by atoms with Gasteiger partial charge < -0.3 is 0 Å². The molecule has 0 spiro atoms. The summed E-state index contributed by atoms with van der Waals surface area (Å²) in [6.45, 7) is 6.32. The van der Waals surface area contributed by atoms with Crippen LogP contribution in [0.25, 0.3) is 0 Å². The molecule has 130 valence electrons. The molecular formula is C20H21BrClN3. The van der Waals surface area contributed by atoms with Crippen molar-refractivity contribution < 1.29 is 0 Å². The van der Waals surface area contributed by atoms with Gasteiger partial charge in [-0.15, -0.1) is 5.10 Å². The van der Waals surface area contributed by atoms with E-state index in [4.69, 9.17) is 11.6 Å². The van der Waals surface area contributed by atoms with Crippen molar-refractivity contribution in [1.82, 2.24) is 10.2 Å². The second kappa shape index (κ2) is 7.43. The van der Waals surface area contributed by atoms with E-state index in [9.17, 15) is 5.26 Å². The Morgan fingerprint density at radius 2 is 1.88 bits per heavy atom. The Morgan fingerprint density at radius 3 is 2.44 bits per heavy atom. The summed E-state index contributed by atoms with van der Waals surface area (Å²) in [5.41, 5.74) is 4.89. The summed E-state index contributed by atoms with van der Waals surface area (Å²) < 4.78 is 1.02. The number of halogens is 2. The maximum atomic E-state index is 9.87. The first-order valence-electron chi connectivity index (χ1n) is 8.61. The molecule has 1 aromatic heterocycles. The van der Waals surface area contributed by atoms with Crippen molar-refractivity contribution in [3.8, 4) is 6.07 Å². The van der Waals surface area contributed by atoms with Gasteiger partial charge in [0.15, 0.2) is 5.15 Å². The van der Waals surface area contributed by atoms with E-state index in [0.717, 1.165) is 33.1 Å². The van der Waals surface area contributed by atoms with Crippen LogP contribution >= 0.6 is 27.5 Å². The standard InChI is InChI=1S/C20H21BrClN3/c1-11-5-4-6-15(11)16-9-18(24-25-20(16)22)17(10-23)19-12(2)7-14(21)8-13(19)3/h7-9,11,15,17H,4-6H2,1-3H3. The number of rotatable bonds is 3. The molecule has 0 amide bonds. The lowest BCUT2D eigenvalue weighted by Crippen LogP contribution is -2.11. The van der Waals surface area contributed by atoms with Crippen molar-refractivity contribution in [2.24, 2.45) is 5.92 Å². The van der Waals surface area contributed by atoms with E-state index in [1.165, 1.54) is 12.8 Å². The van der Waals surface area contributed by atoms with Crippen molar-refractivity contribution in [1.29, 1.82) is 5.26 Å². The van der Waals surface area contributed by atoms with Gasteiger partial charge in [0.1, 0.15) is 5.92 Å². The van der Waals surface area contributed by atoms with Crippen LogP contribution in [-0.2, 0) is 0 Å². The van der Waals surface area contributed by atoms with Crippen molar-refractivity contribution in [3.63, 3.8) is 0 Å². The normalized spacial score (nSPS) is 21.1. The SMILES string of the molecule is Cc1cc(Br)cc(C)c1C(C#N)c1cc(C2CCCC2C)c(Cl)nn1. The minimum Gasteiger partial charge on any atom is -0.197 e. The van der Waals surface area contributed by atoms with Crippen LogP contribution in [0.5, 0.6) is 0 Å². The quantitative estimate of drug-likeness (QED) is 0.608. The number of hydrogen-bond donors (Lipinski definition) is 0. The zero-order valence-electron chi connectivity index (χ0n) is 14.7. The molecule has 3 atom stereocenters. The highest BCUT2D eigenvalue weighted by Gasteiger charge is 2.29. The topological polar surface area (TPSA) is 49.6 Å². The number of aromatic nitrogens is 2. The molecule has 0 radical (unpaired) electrons. The molecule has 5 heteroatoms. The number of nitriles is 1. The lowest BCUT2D eigenvalue weighted by atomic mass is 9.86. The van der Waals surface area contributed by atoms with Crippen molar-refractivity contribution in [2.45, 2.75) is 51.9 Å². The van der Waals surface area contributed by atoms with Crippen LogP contribution in [0.3, 0.4) is 0 Å². The molecule has 3 rings (SSSR count). The highest BCUT2D eigenvalue weighted by molar-refractivity contribution is 9.10. The first-order chi connectivity index (χ1) is 11.9. The van der Waals surface area contributed by atoms with Gasteiger partial charge in [0.05, 0.1) is 11.8 Å². The first-order valence-corrected chi connectivity index (χ1v) is 9.78. The molecule has 0 bridgehead atoms. The van der Waals surface area contributed by atoms with E-state index in [2.05, 4.69) is 39.1 Å². The number of nitrogens with zero attached hydrogens (tertiary/aromatic N) is 3. The number of aryl methyl sites for hydroxylation is 2. The first kappa shape index (κ1) is 18.4. The highest BCUT2D eigenvalue weighted by Crippen LogP contribution is 2.42. The number of hydrogen-bond acceptors (Lipinski definition) is 3. The van der Waals surface area contributed by atoms with Gasteiger partial charge in [0, 0.05) is 4.47 Å². The third-order valence-corrected chi connectivity index (χ3v) is 6.08. The monoisotopic (exact) mass is 417 g/mol. The fourth-order valence-electron chi connectivity index (χ4n) is 4.07. The Kier molecular flexibility index (Phi) is 5.46. The molecule has 1 fully saturated rings. The van der Waals surface area contributed by atoms with E-state index in [0.29, 0.717) is 22.7 Å². The van der Waals surface area contributed by atoms with Crippen LogP contribution in [-0.4, -0.2) is 10.2 Å². The fourth-order valence-corrected chi connectivity index (χ4v) is 4.99. The molecule has 25 heavy (non-hydrogen) atoms. The summed E-state index contributed by atoms with van der Waals surface area (Å²) in [4.78, 5) is 0. The second-order valence-corrected chi connectivity index (χ2v) is 8.32. The van der Waals surface area contributed by atoms with Crippen LogP contribution < -0.4 is 0 Å². The van der Waals surface area contributed by atoms with Gasteiger partial charge >= 0.3 is 0 Å².